The normalized spacial score (nSPS) is 11.3. The van der Waals surface area contributed by atoms with Crippen LogP contribution in [0.15, 0.2) is 218 Å². The number of benzene rings is 9. The van der Waals surface area contributed by atoms with Gasteiger partial charge in [0.25, 0.3) is 0 Å². The number of hydrogen-bond acceptors (Lipinski definition) is 1. The number of hydrogen-bond donors (Lipinski definition) is 0. The zero-order valence-corrected chi connectivity index (χ0v) is 29.7. The van der Waals surface area contributed by atoms with Crippen molar-refractivity contribution in [3.8, 4) is 39.1 Å². The van der Waals surface area contributed by atoms with E-state index in [0.29, 0.717) is 0 Å². The van der Waals surface area contributed by atoms with Gasteiger partial charge in [0.2, 0.25) is 0 Å². The van der Waals surface area contributed by atoms with Crippen LogP contribution in [0.2, 0.25) is 0 Å². The fourth-order valence-electron chi connectivity index (χ4n) is 8.10. The third kappa shape index (κ3) is 5.44. The minimum atomic E-state index is 1.10. The maximum Gasteiger partial charge on any atom is 0.0547 e. The molecule has 0 unspecified atom stereocenters. The average Bonchev–Trinajstić information content (AvgIpc) is 3.59. The van der Waals surface area contributed by atoms with Crippen LogP contribution in [-0.4, -0.2) is 4.57 Å². The highest BCUT2D eigenvalue weighted by Crippen LogP contribution is 2.46. The lowest BCUT2D eigenvalue weighted by molar-refractivity contribution is 1.20. The lowest BCUT2D eigenvalue weighted by Crippen LogP contribution is -2.11. The molecule has 0 fully saturated rings. The Hall–Kier alpha value is -7.16. The van der Waals surface area contributed by atoms with E-state index < -0.39 is 0 Å². The van der Waals surface area contributed by atoms with Gasteiger partial charge in [0.1, 0.15) is 0 Å². The summed E-state index contributed by atoms with van der Waals surface area (Å²) < 4.78 is 2.45. The van der Waals surface area contributed by atoms with Crippen molar-refractivity contribution >= 4 is 49.6 Å². The first-order valence-electron chi connectivity index (χ1n) is 18.5. The molecular formula is C52H36N2. The van der Waals surface area contributed by atoms with Crippen LogP contribution in [0, 0.1) is 0 Å². The fraction of sp³-hybridized carbons (Fsp3) is 0. The van der Waals surface area contributed by atoms with Gasteiger partial charge in [0, 0.05) is 33.1 Å². The van der Waals surface area contributed by atoms with Gasteiger partial charge in [-0.1, -0.05) is 170 Å². The molecule has 9 aromatic carbocycles. The van der Waals surface area contributed by atoms with Crippen LogP contribution in [0.3, 0.4) is 0 Å². The minimum Gasteiger partial charge on any atom is -0.310 e. The summed E-state index contributed by atoms with van der Waals surface area (Å²) in [5, 5.41) is 4.94. The Bertz CT molecular complexity index is 2820. The van der Waals surface area contributed by atoms with Gasteiger partial charge in [-0.3, -0.25) is 0 Å². The first-order valence-corrected chi connectivity index (χ1v) is 18.5. The van der Waals surface area contributed by atoms with Gasteiger partial charge in [-0.2, -0.15) is 0 Å². The number of aromatic nitrogens is 1. The third-order valence-electron chi connectivity index (χ3n) is 10.6. The number of nitrogens with zero attached hydrogens (tertiary/aromatic N) is 2. The smallest absolute Gasteiger partial charge is 0.0547 e. The number of rotatable bonds is 7. The van der Waals surface area contributed by atoms with Gasteiger partial charge >= 0.3 is 0 Å². The second-order valence-corrected chi connectivity index (χ2v) is 13.7. The topological polar surface area (TPSA) is 8.17 Å². The summed E-state index contributed by atoms with van der Waals surface area (Å²) in [6.45, 7) is 0. The lowest BCUT2D eigenvalue weighted by atomic mass is 9.96. The zero-order valence-electron chi connectivity index (χ0n) is 29.7. The minimum absolute atomic E-state index is 1.10. The van der Waals surface area contributed by atoms with E-state index in [1.54, 1.807) is 0 Å². The predicted octanol–water partition coefficient (Wildman–Crippen LogP) is 14.4. The molecule has 10 aromatic rings. The van der Waals surface area contributed by atoms with E-state index in [4.69, 9.17) is 0 Å². The highest BCUT2D eigenvalue weighted by Gasteiger charge is 2.22. The monoisotopic (exact) mass is 688 g/mol. The van der Waals surface area contributed by atoms with Crippen molar-refractivity contribution in [2.45, 2.75) is 0 Å². The maximum atomic E-state index is 2.45. The van der Waals surface area contributed by atoms with E-state index in [2.05, 4.69) is 228 Å². The van der Waals surface area contributed by atoms with Crippen LogP contribution in [0.1, 0.15) is 0 Å². The molecule has 254 valence electrons. The molecular weight excluding hydrogens is 653 g/mol. The molecule has 0 radical (unpaired) electrons. The van der Waals surface area contributed by atoms with Crippen molar-refractivity contribution in [1.29, 1.82) is 0 Å². The summed E-state index contributed by atoms with van der Waals surface area (Å²) >= 11 is 0. The number of anilines is 3. The van der Waals surface area contributed by atoms with Crippen LogP contribution in [0.5, 0.6) is 0 Å². The van der Waals surface area contributed by atoms with Crippen molar-refractivity contribution in [1.82, 2.24) is 4.57 Å². The molecule has 0 aliphatic carbocycles. The van der Waals surface area contributed by atoms with E-state index in [0.717, 1.165) is 17.1 Å². The second-order valence-electron chi connectivity index (χ2n) is 13.7. The first kappa shape index (κ1) is 31.6. The van der Waals surface area contributed by atoms with Crippen molar-refractivity contribution in [3.05, 3.63) is 218 Å². The summed E-state index contributed by atoms with van der Waals surface area (Å²) in [4.78, 5) is 2.40. The molecule has 0 aliphatic rings. The molecule has 10 rings (SSSR count). The molecule has 0 saturated heterocycles. The number of para-hydroxylation sites is 2. The van der Waals surface area contributed by atoms with Gasteiger partial charge in [0.05, 0.1) is 22.4 Å². The Morgan fingerprint density at radius 2 is 0.796 bits per heavy atom. The highest BCUT2D eigenvalue weighted by molar-refractivity contribution is 6.17. The Kier molecular flexibility index (Phi) is 7.85. The van der Waals surface area contributed by atoms with Gasteiger partial charge in [-0.25, -0.2) is 0 Å². The standard InChI is InChI=1S/C52H36N2/c1-3-15-37(16-4-1)39-29-33-42(34-30-39)53(43-35-31-40(32-36-43)38-17-5-2-6-18-38)49-25-11-9-22-45(49)46-24-14-28-51-52(46)47-23-10-12-26-50(47)54(51)48-27-13-20-41-19-7-8-21-44(41)48/h1-36H. The molecule has 54 heavy (non-hydrogen) atoms. The Labute approximate surface area is 315 Å². The number of fused-ring (bicyclic) bond motifs is 4. The van der Waals surface area contributed by atoms with Crippen LogP contribution in [-0.2, 0) is 0 Å². The van der Waals surface area contributed by atoms with Gasteiger partial charge < -0.3 is 9.47 Å². The fourth-order valence-corrected chi connectivity index (χ4v) is 8.10. The van der Waals surface area contributed by atoms with Crippen molar-refractivity contribution in [3.63, 3.8) is 0 Å². The molecule has 0 atom stereocenters. The molecule has 1 aromatic heterocycles. The molecule has 0 amide bonds. The first-order chi connectivity index (χ1) is 26.8. The Balaban J connectivity index is 1.19. The maximum absolute atomic E-state index is 2.45. The van der Waals surface area contributed by atoms with Gasteiger partial charge in [-0.15, -0.1) is 0 Å². The molecule has 0 bridgehead atoms. The van der Waals surface area contributed by atoms with E-state index in [1.807, 2.05) is 0 Å². The molecule has 0 saturated carbocycles. The average molecular weight is 689 g/mol. The van der Waals surface area contributed by atoms with E-state index in [1.165, 1.54) is 71.6 Å². The van der Waals surface area contributed by atoms with Gasteiger partial charge in [0.15, 0.2) is 0 Å². The van der Waals surface area contributed by atoms with E-state index in [-0.39, 0.29) is 0 Å². The molecule has 0 N–H and O–H groups in total. The van der Waals surface area contributed by atoms with E-state index in [9.17, 15) is 0 Å². The summed E-state index contributed by atoms with van der Waals surface area (Å²) in [6.07, 6.45) is 0. The Morgan fingerprint density at radius 3 is 1.48 bits per heavy atom. The third-order valence-corrected chi connectivity index (χ3v) is 10.6. The van der Waals surface area contributed by atoms with Crippen LogP contribution in [0.4, 0.5) is 17.1 Å². The predicted molar refractivity (Wildman–Crippen MR) is 229 cm³/mol. The Morgan fingerprint density at radius 1 is 0.315 bits per heavy atom. The SMILES string of the molecule is c1ccc(-c2ccc(N(c3ccc(-c4ccccc4)cc3)c3ccccc3-c3cccc4c3c3ccccc3n4-c3cccc4ccccc34)cc2)cc1. The quantitative estimate of drug-likeness (QED) is 0.162. The van der Waals surface area contributed by atoms with Crippen LogP contribution < -0.4 is 4.90 Å². The van der Waals surface area contributed by atoms with Crippen molar-refractivity contribution in [2.24, 2.45) is 0 Å². The summed E-state index contributed by atoms with van der Waals surface area (Å²) in [5.41, 5.74) is 14.0. The molecule has 2 heteroatoms. The molecule has 1 heterocycles. The van der Waals surface area contributed by atoms with Gasteiger partial charge in [-0.05, 0) is 81.7 Å². The molecule has 2 nitrogen and oxygen atoms in total. The summed E-state index contributed by atoms with van der Waals surface area (Å²) in [6, 6.07) is 78.8. The van der Waals surface area contributed by atoms with Crippen molar-refractivity contribution < 1.29 is 0 Å². The van der Waals surface area contributed by atoms with Crippen molar-refractivity contribution in [2.75, 3.05) is 4.90 Å². The highest BCUT2D eigenvalue weighted by atomic mass is 15.1. The zero-order chi connectivity index (χ0) is 35.8. The van der Waals surface area contributed by atoms with Crippen LogP contribution in [0.25, 0.3) is 71.6 Å². The summed E-state index contributed by atoms with van der Waals surface area (Å²) in [5.74, 6) is 0. The molecule has 0 spiro atoms. The van der Waals surface area contributed by atoms with E-state index >= 15 is 0 Å². The second kappa shape index (κ2) is 13.4. The summed E-state index contributed by atoms with van der Waals surface area (Å²) in [7, 11) is 0. The van der Waals surface area contributed by atoms with Crippen LogP contribution >= 0.6 is 0 Å². The molecule has 0 aliphatic heterocycles. The lowest BCUT2D eigenvalue weighted by Gasteiger charge is -2.28. The largest absolute Gasteiger partial charge is 0.310 e.